The second-order valence-corrected chi connectivity index (χ2v) is 6.85. The Morgan fingerprint density at radius 1 is 1.23 bits per heavy atom. The van der Waals surface area contributed by atoms with Crippen LogP contribution in [0.15, 0.2) is 53.2 Å². The summed E-state index contributed by atoms with van der Waals surface area (Å²) in [6, 6.07) is 10.3. The number of aromatic nitrogens is 1. The molecule has 0 saturated carbocycles. The molecule has 1 heterocycles. The van der Waals surface area contributed by atoms with Crippen molar-refractivity contribution in [2.24, 2.45) is 10.9 Å². The topological polar surface area (TPSA) is 25.2 Å². The molecule has 0 unspecified atom stereocenters. The van der Waals surface area contributed by atoms with E-state index < -0.39 is 0 Å². The van der Waals surface area contributed by atoms with Gasteiger partial charge in [-0.15, -0.1) is 0 Å². The minimum absolute atomic E-state index is 0.0262. The number of aliphatic imine (C=N–C) groups is 1. The van der Waals surface area contributed by atoms with E-state index in [1.54, 1.807) is 0 Å². The average molecular weight is 292 g/mol. The molecule has 0 fully saturated rings. The fraction of sp³-hybridized carbons (Fsp3) is 0.400. The summed E-state index contributed by atoms with van der Waals surface area (Å²) < 4.78 is 0. The van der Waals surface area contributed by atoms with Crippen LogP contribution in [0, 0.1) is 5.92 Å². The van der Waals surface area contributed by atoms with Gasteiger partial charge in [0.2, 0.25) is 0 Å². The molecule has 2 heteroatoms. The molecule has 1 atom stereocenters. The zero-order chi connectivity index (χ0) is 15.6. The second-order valence-electron chi connectivity index (χ2n) is 6.85. The standard InChI is InChI=1S/C20H24N2/c1-15-8-10-17(11-9-15)20(2,3)22-14-16-12-13-21-19-7-5-4-6-18(16)19/h4-8,12-14,17H,9-11H2,1-3H3/t17-/m1/s1. The Kier molecular flexibility index (Phi) is 4.10. The molecule has 1 aromatic heterocycles. The number of hydrogen-bond acceptors (Lipinski definition) is 2. The Balaban J connectivity index is 1.86. The van der Waals surface area contributed by atoms with Crippen LogP contribution in [0.25, 0.3) is 10.9 Å². The van der Waals surface area contributed by atoms with Gasteiger partial charge in [0.15, 0.2) is 0 Å². The molecule has 0 amide bonds. The maximum atomic E-state index is 4.94. The van der Waals surface area contributed by atoms with Crippen LogP contribution >= 0.6 is 0 Å². The van der Waals surface area contributed by atoms with Gasteiger partial charge in [-0.1, -0.05) is 29.8 Å². The predicted molar refractivity (Wildman–Crippen MR) is 94.5 cm³/mol. The van der Waals surface area contributed by atoms with E-state index in [4.69, 9.17) is 4.99 Å². The lowest BCUT2D eigenvalue weighted by molar-refractivity contribution is 0.298. The van der Waals surface area contributed by atoms with Crippen LogP contribution in [0.2, 0.25) is 0 Å². The summed E-state index contributed by atoms with van der Waals surface area (Å²) in [7, 11) is 0. The Morgan fingerprint density at radius 2 is 2.05 bits per heavy atom. The van der Waals surface area contributed by atoms with E-state index in [9.17, 15) is 0 Å². The smallest absolute Gasteiger partial charge is 0.0708 e. The highest BCUT2D eigenvalue weighted by molar-refractivity contribution is 5.98. The molecule has 0 spiro atoms. The number of fused-ring (bicyclic) bond motifs is 1. The molecule has 0 radical (unpaired) electrons. The number of rotatable bonds is 3. The first-order chi connectivity index (χ1) is 10.6. The van der Waals surface area contributed by atoms with Crippen molar-refractivity contribution in [2.45, 2.75) is 45.6 Å². The zero-order valence-corrected chi connectivity index (χ0v) is 13.7. The van der Waals surface area contributed by atoms with Gasteiger partial charge in [0.25, 0.3) is 0 Å². The molecule has 114 valence electrons. The van der Waals surface area contributed by atoms with Crippen molar-refractivity contribution in [2.75, 3.05) is 0 Å². The molecule has 1 aromatic carbocycles. The fourth-order valence-electron chi connectivity index (χ4n) is 3.18. The van der Waals surface area contributed by atoms with E-state index in [0.717, 1.165) is 17.5 Å². The average Bonchev–Trinajstić information content (AvgIpc) is 2.53. The van der Waals surface area contributed by atoms with Crippen LogP contribution in [-0.2, 0) is 0 Å². The first-order valence-electron chi connectivity index (χ1n) is 8.11. The Bertz CT molecular complexity index is 720. The maximum Gasteiger partial charge on any atom is 0.0708 e. The molecule has 22 heavy (non-hydrogen) atoms. The van der Waals surface area contributed by atoms with E-state index in [1.807, 2.05) is 30.6 Å². The van der Waals surface area contributed by atoms with Crippen molar-refractivity contribution in [1.29, 1.82) is 0 Å². The van der Waals surface area contributed by atoms with E-state index in [0.29, 0.717) is 5.92 Å². The molecular weight excluding hydrogens is 268 g/mol. The van der Waals surface area contributed by atoms with E-state index in [-0.39, 0.29) is 5.54 Å². The number of pyridine rings is 1. The van der Waals surface area contributed by atoms with Crippen molar-refractivity contribution in [3.05, 3.63) is 53.7 Å². The molecule has 0 N–H and O–H groups in total. The normalized spacial score (nSPS) is 19.6. The van der Waals surface area contributed by atoms with Crippen molar-refractivity contribution >= 4 is 17.1 Å². The molecule has 1 aliphatic rings. The lowest BCUT2D eigenvalue weighted by Crippen LogP contribution is -2.30. The molecule has 2 nitrogen and oxygen atoms in total. The lowest BCUT2D eigenvalue weighted by Gasteiger charge is -2.33. The summed E-state index contributed by atoms with van der Waals surface area (Å²) in [5, 5.41) is 1.17. The molecule has 1 aliphatic carbocycles. The molecule has 0 aliphatic heterocycles. The van der Waals surface area contributed by atoms with Crippen molar-refractivity contribution < 1.29 is 0 Å². The van der Waals surface area contributed by atoms with Gasteiger partial charge in [0.05, 0.1) is 11.1 Å². The van der Waals surface area contributed by atoms with Crippen molar-refractivity contribution in [3.63, 3.8) is 0 Å². The number of benzene rings is 1. The largest absolute Gasteiger partial charge is 0.286 e. The van der Waals surface area contributed by atoms with Gasteiger partial charge < -0.3 is 0 Å². The van der Waals surface area contributed by atoms with E-state index in [1.165, 1.54) is 23.8 Å². The van der Waals surface area contributed by atoms with Crippen molar-refractivity contribution in [1.82, 2.24) is 4.98 Å². The van der Waals surface area contributed by atoms with Gasteiger partial charge in [-0.25, -0.2) is 0 Å². The fourth-order valence-corrected chi connectivity index (χ4v) is 3.18. The number of nitrogens with zero attached hydrogens (tertiary/aromatic N) is 2. The Hall–Kier alpha value is -1.96. The number of allylic oxidation sites excluding steroid dienone is 2. The highest BCUT2D eigenvalue weighted by Crippen LogP contribution is 2.34. The Morgan fingerprint density at radius 3 is 2.82 bits per heavy atom. The summed E-state index contributed by atoms with van der Waals surface area (Å²) >= 11 is 0. The summed E-state index contributed by atoms with van der Waals surface area (Å²) in [4.78, 5) is 9.36. The van der Waals surface area contributed by atoms with Crippen LogP contribution in [0.5, 0.6) is 0 Å². The molecular formula is C20H24N2. The van der Waals surface area contributed by atoms with E-state index >= 15 is 0 Å². The van der Waals surface area contributed by atoms with Gasteiger partial charge in [-0.3, -0.25) is 9.98 Å². The van der Waals surface area contributed by atoms with Gasteiger partial charge in [-0.05, 0) is 58.1 Å². The quantitative estimate of drug-likeness (QED) is 0.565. The number of para-hydroxylation sites is 1. The highest BCUT2D eigenvalue weighted by atomic mass is 14.8. The van der Waals surface area contributed by atoms with Gasteiger partial charge in [0.1, 0.15) is 0 Å². The third kappa shape index (κ3) is 3.11. The van der Waals surface area contributed by atoms with Gasteiger partial charge in [0, 0.05) is 23.4 Å². The van der Waals surface area contributed by atoms with E-state index in [2.05, 4.69) is 44.0 Å². The zero-order valence-electron chi connectivity index (χ0n) is 13.7. The SMILES string of the molecule is CC1=CC[C@@H](C(C)(C)N=Cc2ccnc3ccccc23)CC1. The third-order valence-electron chi connectivity index (χ3n) is 4.86. The first-order valence-corrected chi connectivity index (χ1v) is 8.11. The third-order valence-corrected chi connectivity index (χ3v) is 4.86. The highest BCUT2D eigenvalue weighted by Gasteiger charge is 2.29. The summed E-state index contributed by atoms with van der Waals surface area (Å²) in [6.07, 6.45) is 9.88. The summed E-state index contributed by atoms with van der Waals surface area (Å²) in [5.74, 6) is 0.626. The monoisotopic (exact) mass is 292 g/mol. The maximum absolute atomic E-state index is 4.94. The minimum Gasteiger partial charge on any atom is -0.286 e. The van der Waals surface area contributed by atoms with Crippen LogP contribution in [0.3, 0.4) is 0 Å². The number of hydrogen-bond donors (Lipinski definition) is 0. The van der Waals surface area contributed by atoms with Crippen LogP contribution in [0.1, 0.15) is 45.6 Å². The molecule has 3 rings (SSSR count). The minimum atomic E-state index is -0.0262. The molecule has 2 aromatic rings. The van der Waals surface area contributed by atoms with Crippen molar-refractivity contribution in [3.8, 4) is 0 Å². The second kappa shape index (κ2) is 6.04. The van der Waals surface area contributed by atoms with Crippen LogP contribution in [0.4, 0.5) is 0 Å². The van der Waals surface area contributed by atoms with Gasteiger partial charge in [-0.2, -0.15) is 0 Å². The predicted octanol–water partition coefficient (Wildman–Crippen LogP) is 5.18. The summed E-state index contributed by atoms with van der Waals surface area (Å²) in [5.41, 5.74) is 3.68. The first kappa shape index (κ1) is 15.0. The van der Waals surface area contributed by atoms with Gasteiger partial charge >= 0.3 is 0 Å². The lowest BCUT2D eigenvalue weighted by atomic mass is 9.78. The molecule has 0 saturated heterocycles. The summed E-state index contributed by atoms with van der Waals surface area (Å²) in [6.45, 7) is 6.74. The molecule has 0 bridgehead atoms. The van der Waals surface area contributed by atoms with Crippen LogP contribution in [-0.4, -0.2) is 16.7 Å². The Labute approximate surface area is 133 Å². The van der Waals surface area contributed by atoms with Crippen LogP contribution < -0.4 is 0 Å².